The SMILES string of the molecule is C#CCOc1ccc(CC(=O)OCC)cc1. The van der Waals surface area contributed by atoms with Crippen molar-refractivity contribution in [2.75, 3.05) is 13.2 Å². The zero-order valence-corrected chi connectivity index (χ0v) is 9.23. The molecule has 0 spiro atoms. The minimum absolute atomic E-state index is 0.222. The Bertz CT molecular complexity index is 373. The van der Waals surface area contributed by atoms with E-state index in [1.54, 1.807) is 19.1 Å². The minimum atomic E-state index is -0.222. The Morgan fingerprint density at radius 3 is 2.62 bits per heavy atom. The fourth-order valence-electron chi connectivity index (χ4n) is 1.21. The van der Waals surface area contributed by atoms with E-state index in [0.29, 0.717) is 12.4 Å². The van der Waals surface area contributed by atoms with Crippen molar-refractivity contribution in [1.29, 1.82) is 0 Å². The van der Waals surface area contributed by atoms with Crippen LogP contribution in [0.4, 0.5) is 0 Å². The van der Waals surface area contributed by atoms with Gasteiger partial charge >= 0.3 is 5.97 Å². The molecule has 1 aromatic rings. The van der Waals surface area contributed by atoms with Gasteiger partial charge in [-0.3, -0.25) is 4.79 Å². The Hall–Kier alpha value is -1.95. The molecule has 0 N–H and O–H groups in total. The van der Waals surface area contributed by atoms with Crippen LogP contribution in [-0.4, -0.2) is 19.2 Å². The lowest BCUT2D eigenvalue weighted by Gasteiger charge is -2.04. The monoisotopic (exact) mass is 218 g/mol. The smallest absolute Gasteiger partial charge is 0.310 e. The maximum Gasteiger partial charge on any atom is 0.310 e. The van der Waals surface area contributed by atoms with Gasteiger partial charge in [-0.25, -0.2) is 0 Å². The Kier molecular flexibility index (Phi) is 4.94. The minimum Gasteiger partial charge on any atom is -0.481 e. The average molecular weight is 218 g/mol. The molecule has 0 aromatic heterocycles. The highest BCUT2D eigenvalue weighted by Crippen LogP contribution is 2.12. The Morgan fingerprint density at radius 2 is 2.06 bits per heavy atom. The van der Waals surface area contributed by atoms with Crippen LogP contribution in [0.5, 0.6) is 5.75 Å². The van der Waals surface area contributed by atoms with Crippen molar-refractivity contribution in [3.63, 3.8) is 0 Å². The van der Waals surface area contributed by atoms with E-state index < -0.39 is 0 Å². The van der Waals surface area contributed by atoms with E-state index in [1.807, 2.05) is 12.1 Å². The number of esters is 1. The molecule has 0 aliphatic rings. The first-order chi connectivity index (χ1) is 7.76. The molecule has 84 valence electrons. The van der Waals surface area contributed by atoms with Gasteiger partial charge in [0, 0.05) is 0 Å². The summed E-state index contributed by atoms with van der Waals surface area (Å²) in [4.78, 5) is 11.2. The molecule has 3 nitrogen and oxygen atoms in total. The molecular formula is C13H14O3. The Labute approximate surface area is 95.4 Å². The third kappa shape index (κ3) is 4.05. The van der Waals surface area contributed by atoms with E-state index in [-0.39, 0.29) is 19.0 Å². The molecule has 0 aliphatic carbocycles. The standard InChI is InChI=1S/C13H14O3/c1-3-9-16-12-7-5-11(6-8-12)10-13(14)15-4-2/h1,5-8H,4,9-10H2,2H3. The van der Waals surface area contributed by atoms with Crippen molar-refractivity contribution in [2.45, 2.75) is 13.3 Å². The first-order valence-electron chi connectivity index (χ1n) is 5.07. The number of terminal acetylenes is 1. The summed E-state index contributed by atoms with van der Waals surface area (Å²) >= 11 is 0. The molecule has 0 bridgehead atoms. The first-order valence-corrected chi connectivity index (χ1v) is 5.07. The summed E-state index contributed by atoms with van der Waals surface area (Å²) in [5, 5.41) is 0. The molecule has 1 aromatic carbocycles. The van der Waals surface area contributed by atoms with Gasteiger partial charge in [-0.2, -0.15) is 0 Å². The third-order valence-corrected chi connectivity index (χ3v) is 1.90. The fourth-order valence-corrected chi connectivity index (χ4v) is 1.21. The number of ether oxygens (including phenoxy) is 2. The van der Waals surface area contributed by atoms with E-state index in [4.69, 9.17) is 15.9 Å². The van der Waals surface area contributed by atoms with Gasteiger partial charge in [-0.1, -0.05) is 18.1 Å². The van der Waals surface area contributed by atoms with Gasteiger partial charge in [0.1, 0.15) is 12.4 Å². The van der Waals surface area contributed by atoms with Crippen LogP contribution in [0.2, 0.25) is 0 Å². The van der Waals surface area contributed by atoms with Gasteiger partial charge in [0.25, 0.3) is 0 Å². The number of rotatable bonds is 5. The highest BCUT2D eigenvalue weighted by atomic mass is 16.5. The average Bonchev–Trinajstić information content (AvgIpc) is 2.28. The maximum atomic E-state index is 11.2. The lowest BCUT2D eigenvalue weighted by Crippen LogP contribution is -2.07. The van der Waals surface area contributed by atoms with Crippen LogP contribution in [0.15, 0.2) is 24.3 Å². The topological polar surface area (TPSA) is 35.5 Å². The van der Waals surface area contributed by atoms with Gasteiger partial charge in [0.15, 0.2) is 0 Å². The fraction of sp³-hybridized carbons (Fsp3) is 0.308. The van der Waals surface area contributed by atoms with Crippen LogP contribution >= 0.6 is 0 Å². The number of carbonyl (C=O) groups excluding carboxylic acids is 1. The summed E-state index contributed by atoms with van der Waals surface area (Å²) in [6.07, 6.45) is 5.35. The predicted octanol–water partition coefficient (Wildman–Crippen LogP) is 1.80. The molecule has 0 fully saturated rings. The molecule has 16 heavy (non-hydrogen) atoms. The summed E-state index contributed by atoms with van der Waals surface area (Å²) in [6, 6.07) is 7.21. The van der Waals surface area contributed by atoms with Crippen molar-refractivity contribution in [1.82, 2.24) is 0 Å². The van der Waals surface area contributed by atoms with Crippen molar-refractivity contribution in [3.05, 3.63) is 29.8 Å². The molecule has 0 heterocycles. The molecule has 0 atom stereocenters. The molecule has 0 unspecified atom stereocenters. The second-order valence-corrected chi connectivity index (χ2v) is 3.12. The van der Waals surface area contributed by atoms with Gasteiger partial charge in [0.2, 0.25) is 0 Å². The van der Waals surface area contributed by atoms with Crippen LogP contribution < -0.4 is 4.74 Å². The van der Waals surface area contributed by atoms with Crippen molar-refractivity contribution >= 4 is 5.97 Å². The largest absolute Gasteiger partial charge is 0.481 e. The van der Waals surface area contributed by atoms with E-state index >= 15 is 0 Å². The molecule has 1 rings (SSSR count). The highest BCUT2D eigenvalue weighted by molar-refractivity contribution is 5.72. The number of benzene rings is 1. The van der Waals surface area contributed by atoms with Crippen molar-refractivity contribution in [3.8, 4) is 18.1 Å². The lowest BCUT2D eigenvalue weighted by atomic mass is 10.1. The molecule has 0 saturated carbocycles. The van der Waals surface area contributed by atoms with E-state index in [0.717, 1.165) is 5.56 Å². The molecular weight excluding hydrogens is 204 g/mol. The molecule has 0 amide bonds. The molecule has 0 saturated heterocycles. The van der Waals surface area contributed by atoms with Gasteiger partial charge in [0.05, 0.1) is 13.0 Å². The lowest BCUT2D eigenvalue weighted by molar-refractivity contribution is -0.142. The zero-order chi connectivity index (χ0) is 11.8. The van der Waals surface area contributed by atoms with Gasteiger partial charge < -0.3 is 9.47 Å². The summed E-state index contributed by atoms with van der Waals surface area (Å²) in [7, 11) is 0. The summed E-state index contributed by atoms with van der Waals surface area (Å²) in [5.74, 6) is 2.86. The number of hydrogen-bond donors (Lipinski definition) is 0. The van der Waals surface area contributed by atoms with Crippen LogP contribution in [0.3, 0.4) is 0 Å². The Morgan fingerprint density at radius 1 is 1.38 bits per heavy atom. The normalized spacial score (nSPS) is 9.25. The van der Waals surface area contributed by atoms with E-state index in [9.17, 15) is 4.79 Å². The van der Waals surface area contributed by atoms with Crippen LogP contribution in [0, 0.1) is 12.3 Å². The summed E-state index contributed by atoms with van der Waals surface area (Å²) < 4.78 is 10.1. The summed E-state index contributed by atoms with van der Waals surface area (Å²) in [5.41, 5.74) is 0.895. The van der Waals surface area contributed by atoms with Crippen LogP contribution in [0.1, 0.15) is 12.5 Å². The quantitative estimate of drug-likeness (QED) is 0.558. The zero-order valence-electron chi connectivity index (χ0n) is 9.23. The maximum absolute atomic E-state index is 11.2. The summed E-state index contributed by atoms with van der Waals surface area (Å²) in [6.45, 7) is 2.44. The second-order valence-electron chi connectivity index (χ2n) is 3.12. The third-order valence-electron chi connectivity index (χ3n) is 1.90. The molecule has 0 radical (unpaired) electrons. The van der Waals surface area contributed by atoms with E-state index in [2.05, 4.69) is 5.92 Å². The van der Waals surface area contributed by atoms with Crippen LogP contribution in [-0.2, 0) is 16.0 Å². The van der Waals surface area contributed by atoms with E-state index in [1.165, 1.54) is 0 Å². The second kappa shape index (κ2) is 6.52. The van der Waals surface area contributed by atoms with Crippen molar-refractivity contribution < 1.29 is 14.3 Å². The van der Waals surface area contributed by atoms with Crippen LogP contribution in [0.25, 0.3) is 0 Å². The number of carbonyl (C=O) groups is 1. The molecule has 3 heteroatoms. The van der Waals surface area contributed by atoms with Crippen molar-refractivity contribution in [2.24, 2.45) is 0 Å². The first kappa shape index (κ1) is 12.1. The molecule has 0 aliphatic heterocycles. The number of hydrogen-bond acceptors (Lipinski definition) is 3. The predicted molar refractivity (Wildman–Crippen MR) is 61.1 cm³/mol. The Balaban J connectivity index is 2.51. The van der Waals surface area contributed by atoms with Gasteiger partial charge in [-0.15, -0.1) is 6.42 Å². The highest BCUT2D eigenvalue weighted by Gasteiger charge is 2.03. The van der Waals surface area contributed by atoms with Gasteiger partial charge in [-0.05, 0) is 24.6 Å².